The molecular weight excluding hydrogens is 368 g/mol. The Morgan fingerprint density at radius 2 is 1.80 bits per heavy atom. The van der Waals surface area contributed by atoms with Gasteiger partial charge in [0.05, 0.1) is 11.2 Å². The van der Waals surface area contributed by atoms with E-state index in [0.29, 0.717) is 11.2 Å². The van der Waals surface area contributed by atoms with Crippen LogP contribution in [0.5, 0.6) is 0 Å². The van der Waals surface area contributed by atoms with Gasteiger partial charge >= 0.3 is 0 Å². The molecule has 0 saturated heterocycles. The smallest absolute Gasteiger partial charge is 0.174 e. The second kappa shape index (κ2) is 5.32. The fourth-order valence-corrected chi connectivity index (χ4v) is 2.66. The first-order valence-electron chi connectivity index (χ1n) is 6.07. The summed E-state index contributed by atoms with van der Waals surface area (Å²) in [4.78, 5) is 8.13. The van der Waals surface area contributed by atoms with E-state index in [4.69, 9.17) is 0 Å². The average molecular weight is 379 g/mol. The van der Waals surface area contributed by atoms with Gasteiger partial charge in [0.15, 0.2) is 5.82 Å². The highest BCUT2D eigenvalue weighted by Gasteiger charge is 2.10. The van der Waals surface area contributed by atoms with Crippen LogP contribution in [0, 0.1) is 16.3 Å². The minimum atomic E-state index is -0.381. The maximum Gasteiger partial charge on any atom is 0.174 e. The van der Waals surface area contributed by atoms with Crippen molar-refractivity contribution >= 4 is 45.0 Å². The Morgan fingerprint density at radius 1 is 1.05 bits per heavy atom. The van der Waals surface area contributed by atoms with Crippen molar-refractivity contribution in [3.05, 3.63) is 57.7 Å². The Balaban J connectivity index is 2.04. The second-order valence-corrected chi connectivity index (χ2v) is 5.68. The summed E-state index contributed by atoms with van der Waals surface area (Å²) in [7, 11) is 0. The molecule has 0 radical (unpaired) electrons. The first-order valence-corrected chi connectivity index (χ1v) is 7.15. The summed E-state index contributed by atoms with van der Waals surface area (Å²) >= 11 is 2.25. The molecule has 0 spiro atoms. The molecule has 100 valence electrons. The molecular formula is C15H11FIN3. The summed E-state index contributed by atoms with van der Waals surface area (Å²) in [6.07, 6.45) is 3.05. The number of halogens is 2. The maximum absolute atomic E-state index is 14.4. The molecule has 20 heavy (non-hydrogen) atoms. The van der Waals surface area contributed by atoms with Crippen molar-refractivity contribution in [1.82, 2.24) is 9.97 Å². The van der Waals surface area contributed by atoms with Gasteiger partial charge < -0.3 is 5.32 Å². The van der Waals surface area contributed by atoms with Gasteiger partial charge in [-0.1, -0.05) is 0 Å². The lowest BCUT2D eigenvalue weighted by atomic mass is 10.2. The van der Waals surface area contributed by atoms with Gasteiger partial charge in [0, 0.05) is 21.7 Å². The molecule has 0 atom stereocenters. The number of hydrogen-bond donors (Lipinski definition) is 1. The predicted octanol–water partition coefficient (Wildman–Crippen LogP) is 4.43. The number of nitrogens with one attached hydrogen (secondary N) is 1. The summed E-state index contributed by atoms with van der Waals surface area (Å²) in [6, 6.07) is 9.41. The van der Waals surface area contributed by atoms with Crippen molar-refractivity contribution in [3.8, 4) is 0 Å². The van der Waals surface area contributed by atoms with Crippen LogP contribution in [0.3, 0.4) is 0 Å². The summed E-state index contributed by atoms with van der Waals surface area (Å²) in [5, 5.41) is 3.11. The highest BCUT2D eigenvalue weighted by atomic mass is 127. The van der Waals surface area contributed by atoms with Gasteiger partial charge in [0.1, 0.15) is 5.52 Å². The minimum absolute atomic E-state index is 0.278. The molecule has 1 N–H and O–H groups in total. The van der Waals surface area contributed by atoms with Crippen LogP contribution >= 0.6 is 22.6 Å². The lowest BCUT2D eigenvalue weighted by Crippen LogP contribution is -1.98. The summed E-state index contributed by atoms with van der Waals surface area (Å²) in [5.41, 5.74) is 3.18. The standard InChI is InChI=1S/C15H11FIN3/c1-9-8-10(17)2-3-11(9)20-12-4-5-13-15(14(12)16)19-7-6-18-13/h2-8,20H,1H3. The van der Waals surface area contributed by atoms with E-state index >= 15 is 0 Å². The quantitative estimate of drug-likeness (QED) is 0.670. The summed E-state index contributed by atoms with van der Waals surface area (Å²) < 4.78 is 15.5. The molecule has 5 heteroatoms. The van der Waals surface area contributed by atoms with Gasteiger partial charge in [-0.3, -0.25) is 4.98 Å². The molecule has 0 saturated carbocycles. The average Bonchev–Trinajstić information content (AvgIpc) is 2.45. The largest absolute Gasteiger partial charge is 0.353 e. The van der Waals surface area contributed by atoms with E-state index in [2.05, 4.69) is 37.9 Å². The third-order valence-corrected chi connectivity index (χ3v) is 3.71. The Morgan fingerprint density at radius 3 is 2.60 bits per heavy atom. The third-order valence-electron chi connectivity index (χ3n) is 3.04. The van der Waals surface area contributed by atoms with Gasteiger partial charge in [-0.2, -0.15) is 0 Å². The number of hydrogen-bond acceptors (Lipinski definition) is 3. The normalized spacial score (nSPS) is 10.8. The number of anilines is 2. The maximum atomic E-state index is 14.4. The number of aryl methyl sites for hydroxylation is 1. The van der Waals surface area contributed by atoms with E-state index < -0.39 is 0 Å². The van der Waals surface area contributed by atoms with Gasteiger partial charge in [-0.25, -0.2) is 9.37 Å². The summed E-state index contributed by atoms with van der Waals surface area (Å²) in [5.74, 6) is -0.381. The minimum Gasteiger partial charge on any atom is -0.353 e. The molecule has 1 heterocycles. The lowest BCUT2D eigenvalue weighted by molar-refractivity contribution is 0.640. The first kappa shape index (κ1) is 13.2. The molecule has 0 aliphatic heterocycles. The fourth-order valence-electron chi connectivity index (χ4n) is 2.01. The Kier molecular flexibility index (Phi) is 3.52. The van der Waals surface area contributed by atoms with Crippen molar-refractivity contribution in [2.75, 3.05) is 5.32 Å². The van der Waals surface area contributed by atoms with Crippen molar-refractivity contribution < 1.29 is 4.39 Å². The highest BCUT2D eigenvalue weighted by Crippen LogP contribution is 2.27. The third kappa shape index (κ3) is 2.45. The number of nitrogens with zero attached hydrogens (tertiary/aromatic N) is 2. The molecule has 3 rings (SSSR count). The lowest BCUT2D eigenvalue weighted by Gasteiger charge is -2.11. The van der Waals surface area contributed by atoms with Crippen molar-refractivity contribution in [2.45, 2.75) is 6.92 Å². The Bertz CT molecular complexity index is 789. The molecule has 0 unspecified atom stereocenters. The van der Waals surface area contributed by atoms with Crippen LogP contribution in [0.2, 0.25) is 0 Å². The van der Waals surface area contributed by atoms with Gasteiger partial charge in [0.2, 0.25) is 0 Å². The van der Waals surface area contributed by atoms with E-state index in [1.54, 1.807) is 18.3 Å². The number of benzene rings is 2. The van der Waals surface area contributed by atoms with Crippen molar-refractivity contribution in [1.29, 1.82) is 0 Å². The number of rotatable bonds is 2. The topological polar surface area (TPSA) is 37.8 Å². The monoisotopic (exact) mass is 379 g/mol. The van der Waals surface area contributed by atoms with Crippen molar-refractivity contribution in [3.63, 3.8) is 0 Å². The number of aromatic nitrogens is 2. The van der Waals surface area contributed by atoms with Crippen LogP contribution in [0.4, 0.5) is 15.8 Å². The summed E-state index contributed by atoms with van der Waals surface area (Å²) in [6.45, 7) is 1.99. The Hall–Kier alpha value is -1.76. The van der Waals surface area contributed by atoms with Crippen LogP contribution in [-0.2, 0) is 0 Å². The van der Waals surface area contributed by atoms with Crippen LogP contribution < -0.4 is 5.32 Å². The molecule has 3 aromatic rings. The highest BCUT2D eigenvalue weighted by molar-refractivity contribution is 14.1. The van der Waals surface area contributed by atoms with E-state index in [0.717, 1.165) is 14.8 Å². The SMILES string of the molecule is Cc1cc(I)ccc1Nc1ccc2nccnc2c1F. The van der Waals surface area contributed by atoms with Gasteiger partial charge in [0.25, 0.3) is 0 Å². The van der Waals surface area contributed by atoms with Gasteiger partial charge in [-0.15, -0.1) is 0 Å². The van der Waals surface area contributed by atoms with Crippen LogP contribution in [-0.4, -0.2) is 9.97 Å². The van der Waals surface area contributed by atoms with Crippen LogP contribution in [0.25, 0.3) is 11.0 Å². The van der Waals surface area contributed by atoms with E-state index in [1.807, 2.05) is 25.1 Å². The molecule has 0 aliphatic carbocycles. The first-order chi connectivity index (χ1) is 9.65. The molecule has 1 aromatic heterocycles. The molecule has 0 amide bonds. The zero-order valence-electron chi connectivity index (χ0n) is 10.7. The molecule has 0 fully saturated rings. The molecule has 3 nitrogen and oxygen atoms in total. The van der Waals surface area contributed by atoms with Crippen LogP contribution in [0.1, 0.15) is 5.56 Å². The van der Waals surface area contributed by atoms with Crippen molar-refractivity contribution in [2.24, 2.45) is 0 Å². The Labute approximate surface area is 129 Å². The van der Waals surface area contributed by atoms with E-state index in [9.17, 15) is 4.39 Å². The second-order valence-electron chi connectivity index (χ2n) is 4.44. The zero-order chi connectivity index (χ0) is 14.1. The number of fused-ring (bicyclic) bond motifs is 1. The molecule has 2 aromatic carbocycles. The molecule has 0 bridgehead atoms. The van der Waals surface area contributed by atoms with E-state index in [1.165, 1.54) is 6.20 Å². The fraction of sp³-hybridized carbons (Fsp3) is 0.0667. The molecule has 0 aliphatic rings. The van der Waals surface area contributed by atoms with Crippen LogP contribution in [0.15, 0.2) is 42.7 Å². The zero-order valence-corrected chi connectivity index (χ0v) is 12.8. The predicted molar refractivity (Wildman–Crippen MR) is 86.7 cm³/mol. The van der Waals surface area contributed by atoms with Gasteiger partial charge in [-0.05, 0) is 65.4 Å². The van der Waals surface area contributed by atoms with E-state index in [-0.39, 0.29) is 11.3 Å².